The highest BCUT2D eigenvalue weighted by molar-refractivity contribution is 5.95. The Hall–Kier alpha value is -3.09. The van der Waals surface area contributed by atoms with Crippen LogP contribution in [0, 0.1) is 5.92 Å². The third kappa shape index (κ3) is 3.17. The highest BCUT2D eigenvalue weighted by Gasteiger charge is 2.40. The maximum Gasteiger partial charge on any atom is 0.261 e. The Labute approximate surface area is 162 Å². The van der Waals surface area contributed by atoms with E-state index in [9.17, 15) is 14.4 Å². The van der Waals surface area contributed by atoms with Crippen molar-refractivity contribution in [3.05, 3.63) is 52.3 Å². The number of fused-ring (bicyclic) bond motifs is 4. The van der Waals surface area contributed by atoms with Crippen LogP contribution in [0.5, 0.6) is 5.75 Å². The molecule has 1 aromatic heterocycles. The Balaban J connectivity index is 1.58. The number of nitrogens with zero attached hydrogens (tertiary/aromatic N) is 2. The summed E-state index contributed by atoms with van der Waals surface area (Å²) in [7, 11) is 3.39. The van der Waals surface area contributed by atoms with Crippen LogP contribution in [-0.4, -0.2) is 59.9 Å². The van der Waals surface area contributed by atoms with Crippen LogP contribution in [0.25, 0.3) is 11.3 Å². The van der Waals surface area contributed by atoms with Crippen LogP contribution in [0.15, 0.2) is 41.2 Å². The van der Waals surface area contributed by atoms with Crippen LogP contribution in [-0.2, 0) is 4.79 Å². The second-order valence-corrected chi connectivity index (χ2v) is 7.43. The van der Waals surface area contributed by atoms with Gasteiger partial charge in [-0.05, 0) is 54.8 Å². The molecule has 3 fully saturated rings. The van der Waals surface area contributed by atoms with Gasteiger partial charge in [0.1, 0.15) is 11.3 Å². The van der Waals surface area contributed by atoms with E-state index in [0.717, 1.165) is 24.2 Å². The van der Waals surface area contributed by atoms with E-state index in [1.54, 1.807) is 36.1 Å². The zero-order valence-electron chi connectivity index (χ0n) is 16.0. The summed E-state index contributed by atoms with van der Waals surface area (Å²) in [6, 6.07) is 10.6. The van der Waals surface area contributed by atoms with Gasteiger partial charge in [0.05, 0.1) is 13.0 Å². The molecule has 1 N–H and O–H groups in total. The van der Waals surface area contributed by atoms with Gasteiger partial charge in [-0.25, -0.2) is 0 Å². The third-order valence-corrected chi connectivity index (χ3v) is 5.79. The van der Waals surface area contributed by atoms with Gasteiger partial charge >= 0.3 is 0 Å². The smallest absolute Gasteiger partial charge is 0.261 e. The number of amides is 2. The zero-order chi connectivity index (χ0) is 19.8. The van der Waals surface area contributed by atoms with Crippen molar-refractivity contribution in [3.8, 4) is 17.0 Å². The highest BCUT2D eigenvalue weighted by Crippen LogP contribution is 2.28. The topological polar surface area (TPSA) is 82.7 Å². The minimum atomic E-state index is -0.422. The molecule has 2 amide bonds. The molecule has 0 spiro atoms. The second kappa shape index (κ2) is 7.14. The van der Waals surface area contributed by atoms with Crippen LogP contribution in [0.1, 0.15) is 23.2 Å². The number of aromatic amines is 1. The van der Waals surface area contributed by atoms with Crippen molar-refractivity contribution in [3.63, 3.8) is 0 Å². The number of carbonyl (C=O) groups excluding carboxylic acids is 2. The second-order valence-electron chi connectivity index (χ2n) is 7.43. The lowest BCUT2D eigenvalue weighted by molar-refractivity contribution is -0.138. The van der Waals surface area contributed by atoms with E-state index in [1.807, 2.05) is 24.3 Å². The number of likely N-dealkylation sites (N-methyl/N-ethyl adjacent to an activating group) is 1. The normalized spacial score (nSPS) is 21.6. The number of nitrogens with one attached hydrogen (secondary N) is 1. The van der Waals surface area contributed by atoms with Crippen LogP contribution >= 0.6 is 0 Å². The van der Waals surface area contributed by atoms with Crippen molar-refractivity contribution in [1.82, 2.24) is 14.8 Å². The molecule has 2 bridgehead atoms. The van der Waals surface area contributed by atoms with Crippen molar-refractivity contribution in [2.24, 2.45) is 5.92 Å². The number of pyridine rings is 1. The van der Waals surface area contributed by atoms with Crippen LogP contribution < -0.4 is 10.3 Å². The zero-order valence-corrected chi connectivity index (χ0v) is 16.0. The standard InChI is InChI=1S/C21H23N3O4/c1-23-15-6-3-14(20(23)26)11-24(12-15)21(27)17-9-10-18(22-19(17)25)13-4-7-16(28-2)8-5-13/h4-5,7-10,14-15H,3,6,11-12H2,1-2H3,(H,22,25)/t14-,15+/m0/s1. The van der Waals surface area contributed by atoms with Crippen molar-refractivity contribution >= 4 is 11.8 Å². The molecule has 2 atom stereocenters. The summed E-state index contributed by atoms with van der Waals surface area (Å²) in [5, 5.41) is 0. The van der Waals surface area contributed by atoms with Gasteiger partial charge in [0.25, 0.3) is 11.5 Å². The lowest BCUT2D eigenvalue weighted by Crippen LogP contribution is -2.45. The molecule has 7 nitrogen and oxygen atoms in total. The lowest BCUT2D eigenvalue weighted by atomic mass is 9.95. The van der Waals surface area contributed by atoms with Gasteiger partial charge in [0, 0.05) is 31.9 Å². The van der Waals surface area contributed by atoms with Crippen LogP contribution in [0.2, 0.25) is 0 Å². The van der Waals surface area contributed by atoms with Gasteiger partial charge in [0.15, 0.2) is 0 Å². The van der Waals surface area contributed by atoms with Gasteiger partial charge in [0.2, 0.25) is 5.91 Å². The molecule has 28 heavy (non-hydrogen) atoms. The number of methoxy groups -OCH3 is 1. The predicted molar refractivity (Wildman–Crippen MR) is 104 cm³/mol. The summed E-state index contributed by atoms with van der Waals surface area (Å²) in [4.78, 5) is 44.1. The fourth-order valence-corrected chi connectivity index (χ4v) is 4.07. The molecule has 0 saturated carbocycles. The van der Waals surface area contributed by atoms with Gasteiger partial charge in [-0.15, -0.1) is 0 Å². The van der Waals surface area contributed by atoms with Crippen molar-refractivity contribution in [2.45, 2.75) is 18.9 Å². The van der Waals surface area contributed by atoms with Crippen LogP contribution in [0.4, 0.5) is 0 Å². The fraction of sp³-hybridized carbons (Fsp3) is 0.381. The lowest BCUT2D eigenvalue weighted by Gasteiger charge is -2.32. The molecule has 3 aliphatic heterocycles. The first-order chi connectivity index (χ1) is 13.5. The molecular formula is C21H23N3O4. The maximum atomic E-state index is 13.0. The Kier molecular flexibility index (Phi) is 4.66. The number of H-pyrrole nitrogens is 1. The van der Waals surface area contributed by atoms with Gasteiger partial charge in [-0.2, -0.15) is 0 Å². The Morgan fingerprint density at radius 3 is 2.50 bits per heavy atom. The van der Waals surface area contributed by atoms with Crippen LogP contribution in [0.3, 0.4) is 0 Å². The summed E-state index contributed by atoms with van der Waals surface area (Å²) < 4.78 is 5.14. The van der Waals surface area contributed by atoms with Crippen molar-refractivity contribution in [2.75, 3.05) is 27.2 Å². The number of ether oxygens (including phenoxy) is 1. The highest BCUT2D eigenvalue weighted by atomic mass is 16.5. The first-order valence-electron chi connectivity index (χ1n) is 9.41. The molecule has 146 valence electrons. The number of rotatable bonds is 3. The van der Waals surface area contributed by atoms with Crippen molar-refractivity contribution < 1.29 is 14.3 Å². The molecule has 3 aliphatic rings. The molecule has 4 heterocycles. The third-order valence-electron chi connectivity index (χ3n) is 5.79. The van der Waals surface area contributed by atoms with E-state index in [0.29, 0.717) is 18.8 Å². The van der Waals surface area contributed by atoms with E-state index in [-0.39, 0.29) is 29.3 Å². The molecule has 0 radical (unpaired) electrons. The summed E-state index contributed by atoms with van der Waals surface area (Å²) in [6.45, 7) is 0.843. The predicted octanol–water partition coefficient (Wildman–Crippen LogP) is 1.74. The Bertz CT molecular complexity index is 966. The Morgan fingerprint density at radius 2 is 1.82 bits per heavy atom. The number of piperidine rings is 1. The monoisotopic (exact) mass is 381 g/mol. The van der Waals surface area contributed by atoms with E-state index in [2.05, 4.69) is 4.98 Å². The summed E-state index contributed by atoms with van der Waals surface area (Å²) in [5.41, 5.74) is 1.15. The molecule has 0 aliphatic carbocycles. The average Bonchev–Trinajstić information content (AvgIpc) is 3.00. The molecule has 0 unspecified atom stereocenters. The minimum absolute atomic E-state index is 0.0212. The molecule has 5 rings (SSSR count). The quantitative estimate of drug-likeness (QED) is 0.878. The molecule has 3 saturated heterocycles. The maximum absolute atomic E-state index is 13.0. The summed E-state index contributed by atoms with van der Waals surface area (Å²) >= 11 is 0. The molecular weight excluding hydrogens is 358 g/mol. The fourth-order valence-electron chi connectivity index (χ4n) is 4.07. The molecule has 2 aromatic rings. The van der Waals surface area contributed by atoms with Gasteiger partial charge in [-0.3, -0.25) is 14.4 Å². The first kappa shape index (κ1) is 18.3. The van der Waals surface area contributed by atoms with Gasteiger partial charge < -0.3 is 19.5 Å². The van der Waals surface area contributed by atoms with E-state index in [1.165, 1.54) is 0 Å². The number of hydrogen-bond acceptors (Lipinski definition) is 4. The van der Waals surface area contributed by atoms with Crippen molar-refractivity contribution in [1.29, 1.82) is 0 Å². The summed E-state index contributed by atoms with van der Waals surface area (Å²) in [5.74, 6) is 0.330. The van der Waals surface area contributed by atoms with E-state index >= 15 is 0 Å². The minimum Gasteiger partial charge on any atom is -0.497 e. The summed E-state index contributed by atoms with van der Waals surface area (Å²) in [6.07, 6.45) is 1.69. The van der Waals surface area contributed by atoms with E-state index < -0.39 is 5.56 Å². The molecule has 1 aromatic carbocycles. The van der Waals surface area contributed by atoms with E-state index in [4.69, 9.17) is 4.74 Å². The largest absolute Gasteiger partial charge is 0.497 e. The first-order valence-corrected chi connectivity index (χ1v) is 9.41. The number of hydrogen-bond donors (Lipinski definition) is 1. The number of aromatic nitrogens is 1. The number of benzene rings is 1. The molecule has 7 heteroatoms. The Morgan fingerprint density at radius 1 is 1.07 bits per heavy atom. The van der Waals surface area contributed by atoms with Gasteiger partial charge in [-0.1, -0.05) is 0 Å². The SMILES string of the molecule is COc1ccc(-c2ccc(C(=O)N3C[C@@H]4CC[C@H](C3)N(C)C4=O)c(=O)[nH]2)cc1. The average molecular weight is 381 g/mol. The number of carbonyl (C=O) groups is 2.